The van der Waals surface area contributed by atoms with Crippen molar-refractivity contribution in [2.45, 2.75) is 63.4 Å². The number of nitrogens with zero attached hydrogens (tertiary/aromatic N) is 6. The summed E-state index contributed by atoms with van der Waals surface area (Å²) in [4.78, 5) is 58.8. The van der Waals surface area contributed by atoms with Gasteiger partial charge in [-0.25, -0.2) is 13.5 Å². The molecule has 2 unspecified atom stereocenters. The zero-order valence-electron chi connectivity index (χ0n) is 27.3. The molecule has 19 heteroatoms. The molecule has 4 rings (SSSR count). The van der Waals surface area contributed by atoms with Crippen LogP contribution in [-0.4, -0.2) is 90.8 Å². The van der Waals surface area contributed by atoms with Gasteiger partial charge < -0.3 is 28.9 Å². The topological polar surface area (TPSA) is 224 Å². The number of rotatable bonds is 19. The highest BCUT2D eigenvalue weighted by atomic mass is 32.2. The summed E-state index contributed by atoms with van der Waals surface area (Å²) in [5.74, 6) is 1.53. The van der Waals surface area contributed by atoms with Crippen LogP contribution in [-0.2, 0) is 43.7 Å². The number of hydrogen-bond acceptors (Lipinski definition) is 13. The number of carbonyl (C=O) groups is 1. The minimum atomic E-state index is -1.29. The number of aromatic nitrogens is 4. The molecule has 1 saturated heterocycles. The van der Waals surface area contributed by atoms with Crippen molar-refractivity contribution in [1.82, 2.24) is 24.1 Å². The van der Waals surface area contributed by atoms with Crippen LogP contribution in [0.3, 0.4) is 0 Å². The first-order chi connectivity index (χ1) is 23.0. The summed E-state index contributed by atoms with van der Waals surface area (Å²) in [5.41, 5.74) is 2.21. The Kier molecular flexibility index (Phi) is 14.8. The molecule has 1 N–H and O–H groups in total. The summed E-state index contributed by atoms with van der Waals surface area (Å²) in [6.07, 6.45) is 3.17. The molecule has 0 amide bonds. The molecule has 0 bridgehead atoms. The van der Waals surface area contributed by atoms with Crippen LogP contribution < -0.4 is 10.3 Å². The predicted octanol–water partition coefficient (Wildman–Crippen LogP) is 2.81. The van der Waals surface area contributed by atoms with Crippen LogP contribution >= 0.6 is 0 Å². The van der Waals surface area contributed by atoms with Crippen LogP contribution in [0.2, 0.25) is 0 Å². The van der Waals surface area contributed by atoms with Crippen molar-refractivity contribution in [1.29, 1.82) is 0 Å². The number of hydrogen-bond donors (Lipinski definition) is 1. The highest BCUT2D eigenvalue weighted by molar-refractivity contribution is 7.82. The molecule has 0 saturated carbocycles. The lowest BCUT2D eigenvalue weighted by atomic mass is 9.98. The number of benzene rings is 1. The average Bonchev–Trinajstić information content (AvgIpc) is 3.35. The summed E-state index contributed by atoms with van der Waals surface area (Å²) in [7, 11) is 2.17. The van der Waals surface area contributed by atoms with Gasteiger partial charge in [-0.15, -0.1) is 20.2 Å². The van der Waals surface area contributed by atoms with E-state index in [4.69, 9.17) is 14.5 Å². The molecule has 264 valence electrons. The Bertz CT molecular complexity index is 1620. The van der Waals surface area contributed by atoms with E-state index in [0.717, 1.165) is 51.1 Å². The molecule has 2 aromatic heterocycles. The van der Waals surface area contributed by atoms with Gasteiger partial charge in [-0.05, 0) is 56.7 Å². The molecule has 0 spiro atoms. The standard InChI is InChI=1S/C24H33N5O4S.C5H8N2O7/c1-5-8-19-21-22(28(3)27-19)24(30)26-23(25-21)18-13-17(10-11-20(18)33-6-2)34(31)29-14-16(15-29)9-7-12-32-4;8-3-1-2-5(14-7(11)12)4-13-6(9)10/h10-11,13,16H,5-9,12,14-15H2,1-4H3,(H,25,26,30);3,5H,1-2,4H2. The maximum atomic E-state index is 13.2. The molecule has 18 nitrogen and oxygen atoms in total. The van der Waals surface area contributed by atoms with Gasteiger partial charge >= 0.3 is 0 Å². The average molecular weight is 696 g/mol. The number of carbonyl (C=O) groups excluding carboxylic acids is 1. The molecular weight excluding hydrogens is 654 g/mol. The van der Waals surface area contributed by atoms with Crippen LogP contribution in [0.4, 0.5) is 0 Å². The minimum Gasteiger partial charge on any atom is -0.493 e. The fourth-order valence-electron chi connectivity index (χ4n) is 5.06. The lowest BCUT2D eigenvalue weighted by Gasteiger charge is -2.38. The Labute approximate surface area is 278 Å². The SMILES string of the molecule is CCCc1nn(C)c2c(=O)[nH]c(-c3cc(S(=O)N4CC(CCCOC)C4)ccc3OCC)nc12.O=CCCC(CO[N+](=O)[O-])O[N+](=O)[O-]. The van der Waals surface area contributed by atoms with Crippen molar-refractivity contribution >= 4 is 28.3 Å². The van der Waals surface area contributed by atoms with Crippen molar-refractivity contribution in [3.05, 3.63) is 54.5 Å². The van der Waals surface area contributed by atoms with E-state index >= 15 is 0 Å². The van der Waals surface area contributed by atoms with Crippen molar-refractivity contribution in [2.24, 2.45) is 13.0 Å². The van der Waals surface area contributed by atoms with Gasteiger partial charge in [0.2, 0.25) is 0 Å². The van der Waals surface area contributed by atoms with E-state index in [-0.39, 0.29) is 18.4 Å². The molecule has 1 aliphatic rings. The minimum absolute atomic E-state index is 0.00167. The lowest BCUT2D eigenvalue weighted by molar-refractivity contribution is -0.790. The molecule has 1 aromatic carbocycles. The molecule has 3 heterocycles. The number of aromatic amines is 1. The number of H-pyrrole nitrogens is 1. The summed E-state index contributed by atoms with van der Waals surface area (Å²) >= 11 is 0. The van der Waals surface area contributed by atoms with Crippen molar-refractivity contribution < 1.29 is 38.3 Å². The van der Waals surface area contributed by atoms with Gasteiger partial charge in [0.25, 0.3) is 15.7 Å². The summed E-state index contributed by atoms with van der Waals surface area (Å²) in [5, 5.41) is 22.0. The largest absolute Gasteiger partial charge is 0.493 e. The third-order valence-electron chi connectivity index (χ3n) is 7.28. The molecule has 1 aliphatic heterocycles. The van der Waals surface area contributed by atoms with Crippen LogP contribution in [0.5, 0.6) is 5.75 Å². The van der Waals surface area contributed by atoms with E-state index in [2.05, 4.69) is 26.7 Å². The molecule has 0 radical (unpaired) electrons. The van der Waals surface area contributed by atoms with Crippen LogP contribution in [0.25, 0.3) is 22.4 Å². The molecule has 48 heavy (non-hydrogen) atoms. The Hall–Kier alpha value is -4.49. The zero-order valence-corrected chi connectivity index (χ0v) is 28.1. The number of nitrogens with one attached hydrogen (secondary N) is 1. The monoisotopic (exact) mass is 695 g/mol. The third-order valence-corrected chi connectivity index (χ3v) is 8.71. The Balaban J connectivity index is 0.000000378. The normalized spacial score (nSPS) is 14.3. The first-order valence-corrected chi connectivity index (χ1v) is 16.5. The van der Waals surface area contributed by atoms with Crippen molar-refractivity contribution in [2.75, 3.05) is 40.0 Å². The molecule has 2 atom stereocenters. The molecule has 3 aromatic rings. The highest BCUT2D eigenvalue weighted by Gasteiger charge is 2.31. The Morgan fingerprint density at radius 2 is 1.96 bits per heavy atom. The van der Waals surface area contributed by atoms with Crippen LogP contribution in [0.15, 0.2) is 27.9 Å². The maximum absolute atomic E-state index is 13.2. The summed E-state index contributed by atoms with van der Waals surface area (Å²) in [6.45, 7) is 6.23. The second kappa shape index (κ2) is 18.7. The number of fused-ring (bicyclic) bond motifs is 1. The first-order valence-electron chi connectivity index (χ1n) is 15.4. The highest BCUT2D eigenvalue weighted by Crippen LogP contribution is 2.33. The smallest absolute Gasteiger partial charge is 0.294 e. The van der Waals surface area contributed by atoms with E-state index < -0.39 is 33.9 Å². The summed E-state index contributed by atoms with van der Waals surface area (Å²) < 4.78 is 27.7. The summed E-state index contributed by atoms with van der Waals surface area (Å²) in [6, 6.07) is 5.45. The van der Waals surface area contributed by atoms with E-state index in [9.17, 15) is 34.0 Å². The van der Waals surface area contributed by atoms with Crippen LogP contribution in [0, 0.1) is 26.1 Å². The second-order valence-corrected chi connectivity index (χ2v) is 12.3. The molecular formula is C29H41N7O11S. The van der Waals surface area contributed by atoms with Gasteiger partial charge in [0.05, 0.1) is 22.8 Å². The van der Waals surface area contributed by atoms with Gasteiger partial charge in [0, 0.05) is 40.3 Å². The van der Waals surface area contributed by atoms with Crippen LogP contribution in [0.1, 0.15) is 51.6 Å². The zero-order chi connectivity index (χ0) is 35.2. The fraction of sp³-hybridized carbons (Fsp3) is 0.586. The predicted molar refractivity (Wildman–Crippen MR) is 172 cm³/mol. The van der Waals surface area contributed by atoms with Gasteiger partial charge in [-0.2, -0.15) is 5.10 Å². The van der Waals surface area contributed by atoms with Gasteiger partial charge in [-0.3, -0.25) is 9.48 Å². The Morgan fingerprint density at radius 1 is 1.21 bits per heavy atom. The lowest BCUT2D eigenvalue weighted by Crippen LogP contribution is -2.47. The van der Waals surface area contributed by atoms with E-state index in [0.29, 0.717) is 51.9 Å². The number of ether oxygens (including phenoxy) is 2. The van der Waals surface area contributed by atoms with Gasteiger partial charge in [0.1, 0.15) is 47.1 Å². The quantitative estimate of drug-likeness (QED) is 0.0825. The molecule has 0 aliphatic carbocycles. The number of aryl methyl sites for hydroxylation is 2. The third kappa shape index (κ3) is 10.5. The van der Waals surface area contributed by atoms with E-state index in [1.54, 1.807) is 18.8 Å². The maximum Gasteiger partial charge on any atom is 0.294 e. The van der Waals surface area contributed by atoms with Crippen molar-refractivity contribution in [3.63, 3.8) is 0 Å². The van der Waals surface area contributed by atoms with E-state index in [1.807, 2.05) is 29.4 Å². The number of aldehydes is 1. The van der Waals surface area contributed by atoms with E-state index in [1.165, 1.54) is 0 Å². The van der Waals surface area contributed by atoms with Crippen molar-refractivity contribution in [3.8, 4) is 17.1 Å². The number of methoxy groups -OCH3 is 1. The first kappa shape index (κ1) is 38.0. The van der Waals surface area contributed by atoms with Gasteiger partial charge in [0.15, 0.2) is 5.52 Å². The fourth-order valence-corrected chi connectivity index (χ4v) is 6.45. The molecule has 1 fully saturated rings. The Morgan fingerprint density at radius 3 is 2.58 bits per heavy atom. The second-order valence-electron chi connectivity index (χ2n) is 10.8. The van der Waals surface area contributed by atoms with Gasteiger partial charge in [-0.1, -0.05) is 13.3 Å².